The summed E-state index contributed by atoms with van der Waals surface area (Å²) in [6, 6.07) is 15.7. The van der Waals surface area contributed by atoms with Crippen LogP contribution in [0, 0.1) is 0 Å². The first-order valence-electron chi connectivity index (χ1n) is 11.1. The maximum Gasteiger partial charge on any atom is 0.230 e. The second-order valence-electron chi connectivity index (χ2n) is 7.74. The van der Waals surface area contributed by atoms with Gasteiger partial charge < -0.3 is 24.6 Å². The smallest absolute Gasteiger partial charge is 0.230 e. The zero-order valence-electron chi connectivity index (χ0n) is 19.4. The van der Waals surface area contributed by atoms with Crippen LogP contribution in [0.1, 0.15) is 5.56 Å². The molecule has 8 nitrogen and oxygen atoms in total. The molecule has 1 aliphatic rings. The minimum absolute atomic E-state index is 0.0431. The Bertz CT molecular complexity index is 1090. The van der Waals surface area contributed by atoms with Gasteiger partial charge in [-0.1, -0.05) is 36.0 Å². The van der Waals surface area contributed by atoms with Crippen LogP contribution in [0.25, 0.3) is 0 Å². The van der Waals surface area contributed by atoms with E-state index in [1.807, 2.05) is 42.5 Å². The summed E-state index contributed by atoms with van der Waals surface area (Å²) in [5, 5.41) is 3.73. The zero-order valence-corrected chi connectivity index (χ0v) is 20.3. The fraction of sp³-hybridized carbons (Fsp3) is 0.320. The molecule has 0 saturated carbocycles. The van der Waals surface area contributed by atoms with Crippen LogP contribution in [-0.2, 0) is 11.3 Å². The summed E-state index contributed by atoms with van der Waals surface area (Å²) in [5.41, 5.74) is 2.12. The Labute approximate surface area is 204 Å². The monoisotopic (exact) mass is 479 g/mol. The van der Waals surface area contributed by atoms with Crippen LogP contribution < -0.4 is 24.6 Å². The lowest BCUT2D eigenvalue weighted by atomic mass is 10.2. The second-order valence-corrected chi connectivity index (χ2v) is 8.71. The van der Waals surface area contributed by atoms with Crippen molar-refractivity contribution >= 4 is 29.2 Å². The molecule has 0 radical (unpaired) electrons. The van der Waals surface area contributed by atoms with Gasteiger partial charge in [0.1, 0.15) is 16.5 Å². The number of anilines is 2. The highest BCUT2D eigenvalue weighted by Gasteiger charge is 2.23. The van der Waals surface area contributed by atoms with Gasteiger partial charge in [0.2, 0.25) is 5.91 Å². The van der Waals surface area contributed by atoms with Crippen LogP contribution in [0.3, 0.4) is 0 Å². The highest BCUT2D eigenvalue weighted by molar-refractivity contribution is 8.00. The van der Waals surface area contributed by atoms with Crippen molar-refractivity contribution in [3.8, 4) is 11.5 Å². The van der Waals surface area contributed by atoms with Crippen LogP contribution in [0.15, 0.2) is 66.0 Å². The van der Waals surface area contributed by atoms with Crippen molar-refractivity contribution in [2.45, 2.75) is 11.6 Å². The quantitative estimate of drug-likeness (QED) is 0.469. The van der Waals surface area contributed by atoms with E-state index >= 15 is 0 Å². The van der Waals surface area contributed by atoms with Crippen molar-refractivity contribution in [1.82, 2.24) is 15.3 Å². The number of amides is 1. The van der Waals surface area contributed by atoms with Gasteiger partial charge in [-0.25, -0.2) is 9.97 Å². The van der Waals surface area contributed by atoms with Crippen LogP contribution in [0.5, 0.6) is 11.5 Å². The van der Waals surface area contributed by atoms with Gasteiger partial charge in [-0.05, 0) is 29.8 Å². The molecule has 4 rings (SSSR count). The summed E-state index contributed by atoms with van der Waals surface area (Å²) in [6.45, 7) is 3.80. The third-order valence-electron chi connectivity index (χ3n) is 5.64. The number of hydrogen-bond acceptors (Lipinski definition) is 8. The van der Waals surface area contributed by atoms with E-state index in [9.17, 15) is 4.79 Å². The predicted octanol–water partition coefficient (Wildman–Crippen LogP) is 3.23. The molecule has 0 atom stereocenters. The molecule has 1 fully saturated rings. The van der Waals surface area contributed by atoms with E-state index in [4.69, 9.17) is 9.47 Å². The summed E-state index contributed by atoms with van der Waals surface area (Å²) in [6.07, 6.45) is 3.38. The van der Waals surface area contributed by atoms with E-state index in [-0.39, 0.29) is 11.7 Å². The fourth-order valence-electron chi connectivity index (χ4n) is 3.82. The lowest BCUT2D eigenvalue weighted by Gasteiger charge is -2.37. The highest BCUT2D eigenvalue weighted by Crippen LogP contribution is 2.31. The summed E-state index contributed by atoms with van der Waals surface area (Å²) in [4.78, 5) is 26.1. The topological polar surface area (TPSA) is 79.8 Å². The standard InChI is InChI=1S/C25H29N5O3S/c1-32-20-9-7-19(8-10-20)17-28-23(31)18-34-25-24(26-11-12-27-25)30-15-13-29(14-16-30)21-5-3-4-6-22(21)33-2/h3-12H,13-18H2,1-2H3,(H,28,31). The lowest BCUT2D eigenvalue weighted by molar-refractivity contribution is -0.118. The molecule has 178 valence electrons. The number of carbonyl (C=O) groups excluding carboxylic acids is 1. The Kier molecular flexibility index (Phi) is 8.08. The SMILES string of the molecule is COc1ccc(CNC(=O)CSc2nccnc2N2CCN(c3ccccc3OC)CC2)cc1. The predicted molar refractivity (Wildman–Crippen MR) is 135 cm³/mol. The second kappa shape index (κ2) is 11.6. The lowest BCUT2D eigenvalue weighted by Crippen LogP contribution is -2.47. The number of benzene rings is 2. The van der Waals surface area contributed by atoms with E-state index in [0.29, 0.717) is 6.54 Å². The number of ether oxygens (including phenoxy) is 2. The normalized spacial score (nSPS) is 13.5. The molecular formula is C25H29N5O3S. The van der Waals surface area contributed by atoms with Gasteiger partial charge in [0.15, 0.2) is 5.82 Å². The molecule has 1 amide bonds. The Balaban J connectivity index is 1.31. The maximum atomic E-state index is 12.4. The molecule has 0 spiro atoms. The molecule has 34 heavy (non-hydrogen) atoms. The van der Waals surface area contributed by atoms with Crippen molar-refractivity contribution < 1.29 is 14.3 Å². The van der Waals surface area contributed by atoms with Crippen molar-refractivity contribution in [1.29, 1.82) is 0 Å². The summed E-state index contributed by atoms with van der Waals surface area (Å²) in [5.74, 6) is 2.74. The van der Waals surface area contributed by atoms with Crippen molar-refractivity contribution in [2.24, 2.45) is 0 Å². The number of para-hydroxylation sites is 2. The Morgan fingerprint density at radius 2 is 1.65 bits per heavy atom. The van der Waals surface area contributed by atoms with Gasteiger partial charge in [-0.15, -0.1) is 0 Å². The molecule has 0 bridgehead atoms. The van der Waals surface area contributed by atoms with Crippen molar-refractivity contribution in [2.75, 3.05) is 56.0 Å². The molecule has 1 N–H and O–H groups in total. The number of thioether (sulfide) groups is 1. The number of rotatable bonds is 9. The fourth-order valence-corrected chi connectivity index (χ4v) is 4.63. The first kappa shape index (κ1) is 23.7. The number of aromatic nitrogens is 2. The molecular weight excluding hydrogens is 450 g/mol. The number of piperazine rings is 1. The van der Waals surface area contributed by atoms with Gasteiger partial charge >= 0.3 is 0 Å². The molecule has 0 unspecified atom stereocenters. The molecule has 1 saturated heterocycles. The molecule has 1 aliphatic heterocycles. The number of methoxy groups -OCH3 is 2. The van der Waals surface area contributed by atoms with E-state index in [0.717, 1.165) is 59.8 Å². The number of nitrogens with zero attached hydrogens (tertiary/aromatic N) is 4. The summed E-state index contributed by atoms with van der Waals surface area (Å²) >= 11 is 1.41. The van der Waals surface area contributed by atoms with Crippen LogP contribution >= 0.6 is 11.8 Å². The minimum atomic E-state index is -0.0431. The average molecular weight is 480 g/mol. The van der Waals surface area contributed by atoms with Gasteiger partial charge in [0, 0.05) is 45.1 Å². The molecule has 2 aromatic carbocycles. The highest BCUT2D eigenvalue weighted by atomic mass is 32.2. The molecule has 1 aromatic heterocycles. The Morgan fingerprint density at radius 1 is 0.941 bits per heavy atom. The van der Waals surface area contributed by atoms with Crippen molar-refractivity contribution in [3.63, 3.8) is 0 Å². The first-order valence-corrected chi connectivity index (χ1v) is 12.1. The van der Waals surface area contributed by atoms with Gasteiger partial charge in [-0.2, -0.15) is 0 Å². The van der Waals surface area contributed by atoms with Crippen molar-refractivity contribution in [3.05, 3.63) is 66.5 Å². The van der Waals surface area contributed by atoms with Gasteiger partial charge in [0.05, 0.1) is 25.7 Å². The number of carbonyl (C=O) groups is 1. The minimum Gasteiger partial charge on any atom is -0.497 e. The van der Waals surface area contributed by atoms with Gasteiger partial charge in [0.25, 0.3) is 0 Å². The number of hydrogen-bond donors (Lipinski definition) is 1. The maximum absolute atomic E-state index is 12.4. The summed E-state index contributed by atoms with van der Waals surface area (Å²) in [7, 11) is 3.33. The van der Waals surface area contributed by atoms with Gasteiger partial charge in [-0.3, -0.25) is 4.79 Å². The Hall–Kier alpha value is -3.46. The van der Waals surface area contributed by atoms with Crippen LogP contribution in [0.4, 0.5) is 11.5 Å². The molecule has 2 heterocycles. The first-order chi connectivity index (χ1) is 16.7. The largest absolute Gasteiger partial charge is 0.497 e. The Morgan fingerprint density at radius 3 is 2.38 bits per heavy atom. The average Bonchev–Trinajstić information content (AvgIpc) is 2.91. The summed E-state index contributed by atoms with van der Waals surface area (Å²) < 4.78 is 10.7. The van der Waals surface area contributed by atoms with E-state index in [2.05, 4.69) is 31.2 Å². The van der Waals surface area contributed by atoms with Crippen LogP contribution in [0.2, 0.25) is 0 Å². The molecule has 9 heteroatoms. The van der Waals surface area contributed by atoms with Crippen LogP contribution in [-0.4, -0.2) is 62.0 Å². The third-order valence-corrected chi connectivity index (χ3v) is 6.61. The van der Waals surface area contributed by atoms with E-state index in [1.54, 1.807) is 26.6 Å². The molecule has 3 aromatic rings. The van der Waals surface area contributed by atoms with E-state index < -0.39 is 0 Å². The van der Waals surface area contributed by atoms with E-state index in [1.165, 1.54) is 11.8 Å². The zero-order chi connectivity index (χ0) is 23.8. The third kappa shape index (κ3) is 5.91. The number of nitrogens with one attached hydrogen (secondary N) is 1. The molecule has 0 aliphatic carbocycles.